The maximum absolute atomic E-state index is 12.5. The summed E-state index contributed by atoms with van der Waals surface area (Å²) >= 11 is 0. The van der Waals surface area contributed by atoms with Gasteiger partial charge in [0.1, 0.15) is 12.4 Å². The van der Waals surface area contributed by atoms with E-state index >= 15 is 0 Å². The Bertz CT molecular complexity index is 854. The van der Waals surface area contributed by atoms with E-state index in [4.69, 9.17) is 9.47 Å². The van der Waals surface area contributed by atoms with Crippen LogP contribution < -0.4 is 0 Å². The molecule has 2 aromatic rings. The summed E-state index contributed by atoms with van der Waals surface area (Å²) in [4.78, 5) is 28.5. The lowest BCUT2D eigenvalue weighted by Gasteiger charge is -2.20. The van der Waals surface area contributed by atoms with Crippen molar-refractivity contribution < 1.29 is 19.1 Å². The van der Waals surface area contributed by atoms with E-state index in [-0.39, 0.29) is 12.4 Å². The first-order valence-corrected chi connectivity index (χ1v) is 8.61. The molecule has 3 rings (SSSR count). The minimum Gasteiger partial charge on any atom is -0.462 e. The Kier molecular flexibility index (Phi) is 4.56. The van der Waals surface area contributed by atoms with Gasteiger partial charge >= 0.3 is 11.9 Å². The van der Waals surface area contributed by atoms with Crippen molar-refractivity contribution in [3.05, 3.63) is 41.5 Å². The minimum atomic E-state index is -0.954. The van der Waals surface area contributed by atoms with Gasteiger partial charge in [0, 0.05) is 5.41 Å². The summed E-state index contributed by atoms with van der Waals surface area (Å²) in [5.74, 6) is -0.482. The molecule has 7 nitrogen and oxygen atoms in total. The van der Waals surface area contributed by atoms with Crippen LogP contribution >= 0.6 is 0 Å². The molecule has 0 aliphatic carbocycles. The van der Waals surface area contributed by atoms with Gasteiger partial charge in [0.25, 0.3) is 5.82 Å². The third-order valence-electron chi connectivity index (χ3n) is 4.47. The number of hydrogen-bond acceptors (Lipinski definition) is 6. The monoisotopic (exact) mass is 357 g/mol. The third kappa shape index (κ3) is 3.21. The Labute approximate surface area is 152 Å². The molecular weight excluding hydrogens is 334 g/mol. The molecule has 2 heterocycles. The van der Waals surface area contributed by atoms with Crippen LogP contribution in [0.3, 0.4) is 0 Å². The third-order valence-corrected chi connectivity index (χ3v) is 4.47. The molecule has 1 fully saturated rings. The normalized spacial score (nSPS) is 18.8. The van der Waals surface area contributed by atoms with Crippen LogP contribution in [-0.4, -0.2) is 39.4 Å². The van der Waals surface area contributed by atoms with Crippen molar-refractivity contribution in [2.24, 2.45) is 5.41 Å². The van der Waals surface area contributed by atoms with Crippen LogP contribution in [0, 0.1) is 12.3 Å². The Morgan fingerprint density at radius 2 is 2.04 bits per heavy atom. The Morgan fingerprint density at radius 1 is 1.35 bits per heavy atom. The first kappa shape index (κ1) is 18.1. The summed E-state index contributed by atoms with van der Waals surface area (Å²) in [6, 6.07) is 7.84. The van der Waals surface area contributed by atoms with Gasteiger partial charge in [0.05, 0.1) is 5.69 Å². The summed E-state index contributed by atoms with van der Waals surface area (Å²) in [5.41, 5.74) is 1.39. The topological polar surface area (TPSA) is 83.3 Å². The van der Waals surface area contributed by atoms with Gasteiger partial charge in [-0.15, -0.1) is 5.10 Å². The summed E-state index contributed by atoms with van der Waals surface area (Å²) in [6.07, 6.45) is -0.954. The molecule has 1 aromatic heterocycles. The second-order valence-electron chi connectivity index (χ2n) is 7.49. The zero-order valence-electron chi connectivity index (χ0n) is 15.6. The molecule has 1 saturated heterocycles. The van der Waals surface area contributed by atoms with Crippen LogP contribution in [0.15, 0.2) is 24.3 Å². The Balaban J connectivity index is 1.89. The van der Waals surface area contributed by atoms with Gasteiger partial charge < -0.3 is 9.47 Å². The van der Waals surface area contributed by atoms with Crippen LogP contribution in [0.25, 0.3) is 5.69 Å². The lowest BCUT2D eigenvalue weighted by Crippen LogP contribution is -2.35. The predicted octanol–water partition coefficient (Wildman–Crippen LogP) is 2.81. The van der Waals surface area contributed by atoms with Gasteiger partial charge in [0.15, 0.2) is 0 Å². The molecule has 1 aromatic carbocycles. The van der Waals surface area contributed by atoms with Crippen molar-refractivity contribution in [3.63, 3.8) is 0 Å². The molecule has 1 aliphatic rings. The molecule has 1 aliphatic heterocycles. The number of nitrogens with zero attached hydrogens (tertiary/aromatic N) is 3. The van der Waals surface area contributed by atoms with Crippen molar-refractivity contribution in [2.75, 3.05) is 6.61 Å². The number of rotatable bonds is 4. The van der Waals surface area contributed by atoms with Gasteiger partial charge in [0.2, 0.25) is 6.10 Å². The van der Waals surface area contributed by atoms with E-state index in [0.29, 0.717) is 11.7 Å². The molecule has 0 bridgehead atoms. The number of esters is 2. The van der Waals surface area contributed by atoms with Crippen molar-refractivity contribution >= 4 is 11.9 Å². The highest BCUT2D eigenvalue weighted by atomic mass is 16.6. The fraction of sp³-hybridized carbons (Fsp3) is 0.474. The zero-order chi connectivity index (χ0) is 19.1. The van der Waals surface area contributed by atoms with Crippen LogP contribution in [-0.2, 0) is 14.3 Å². The van der Waals surface area contributed by atoms with Crippen LogP contribution in [0.1, 0.15) is 55.6 Å². The number of carbonyl (C=O) groups excluding carboxylic acids is 2. The van der Waals surface area contributed by atoms with Crippen molar-refractivity contribution in [3.8, 4) is 5.69 Å². The predicted molar refractivity (Wildman–Crippen MR) is 94.1 cm³/mol. The largest absolute Gasteiger partial charge is 0.462 e. The van der Waals surface area contributed by atoms with Crippen LogP contribution in [0.4, 0.5) is 0 Å². The van der Waals surface area contributed by atoms with Gasteiger partial charge in [-0.1, -0.05) is 45.9 Å². The van der Waals surface area contributed by atoms with E-state index in [2.05, 4.69) is 23.9 Å². The molecule has 0 unspecified atom stereocenters. The molecule has 0 spiro atoms. The SMILES string of the molecule is Cc1nc(C(=O)O[C@H]2C(=O)OCC2(C)C)nn1-c1ccccc1C(C)C. The highest BCUT2D eigenvalue weighted by Crippen LogP contribution is 2.31. The average Bonchev–Trinajstić information content (AvgIpc) is 3.09. The molecule has 138 valence electrons. The maximum Gasteiger partial charge on any atom is 0.379 e. The molecule has 26 heavy (non-hydrogen) atoms. The second-order valence-corrected chi connectivity index (χ2v) is 7.49. The van der Waals surface area contributed by atoms with E-state index in [0.717, 1.165) is 11.3 Å². The lowest BCUT2D eigenvalue weighted by molar-refractivity contribution is -0.145. The van der Waals surface area contributed by atoms with Crippen molar-refractivity contribution in [1.29, 1.82) is 0 Å². The highest BCUT2D eigenvalue weighted by Gasteiger charge is 2.47. The first-order chi connectivity index (χ1) is 12.2. The standard InChI is InChI=1S/C19H23N3O4/c1-11(2)13-8-6-7-9-14(13)22-12(3)20-16(21-22)18(24)26-15-17(23)25-10-19(15,4)5/h6-9,11,15H,10H2,1-5H3/t15-/m0/s1. The molecule has 0 saturated carbocycles. The summed E-state index contributed by atoms with van der Waals surface area (Å²) < 4.78 is 12.0. The number of benzene rings is 1. The second kappa shape index (κ2) is 6.55. The van der Waals surface area contributed by atoms with E-state index in [1.807, 2.05) is 38.1 Å². The number of ether oxygens (including phenoxy) is 2. The summed E-state index contributed by atoms with van der Waals surface area (Å²) in [7, 11) is 0. The van der Waals surface area contributed by atoms with Gasteiger partial charge in [-0.2, -0.15) is 0 Å². The highest BCUT2D eigenvalue weighted by molar-refractivity contribution is 5.88. The number of carbonyl (C=O) groups is 2. The van der Waals surface area contributed by atoms with Gasteiger partial charge in [-0.25, -0.2) is 19.3 Å². The van der Waals surface area contributed by atoms with Crippen molar-refractivity contribution in [1.82, 2.24) is 14.8 Å². The van der Waals surface area contributed by atoms with E-state index < -0.39 is 23.5 Å². The molecule has 0 N–H and O–H groups in total. The smallest absolute Gasteiger partial charge is 0.379 e. The molecular formula is C19H23N3O4. The molecule has 7 heteroatoms. The zero-order valence-corrected chi connectivity index (χ0v) is 15.6. The number of aryl methyl sites for hydroxylation is 1. The minimum absolute atomic E-state index is 0.0726. The first-order valence-electron chi connectivity index (χ1n) is 8.61. The lowest BCUT2D eigenvalue weighted by atomic mass is 9.90. The van der Waals surface area contributed by atoms with E-state index in [1.54, 1.807) is 11.6 Å². The molecule has 0 radical (unpaired) electrons. The number of para-hydroxylation sites is 1. The van der Waals surface area contributed by atoms with E-state index in [1.165, 1.54) is 0 Å². The van der Waals surface area contributed by atoms with Gasteiger partial charge in [-0.05, 0) is 24.5 Å². The summed E-state index contributed by atoms with van der Waals surface area (Å²) in [5, 5.41) is 4.32. The van der Waals surface area contributed by atoms with Gasteiger partial charge in [-0.3, -0.25) is 0 Å². The quantitative estimate of drug-likeness (QED) is 0.783. The van der Waals surface area contributed by atoms with Crippen molar-refractivity contribution in [2.45, 2.75) is 46.6 Å². The van der Waals surface area contributed by atoms with E-state index in [9.17, 15) is 9.59 Å². The number of cyclic esters (lactones) is 1. The fourth-order valence-corrected chi connectivity index (χ4v) is 2.97. The van der Waals surface area contributed by atoms with Crippen LogP contribution in [0.2, 0.25) is 0 Å². The summed E-state index contributed by atoms with van der Waals surface area (Å²) in [6.45, 7) is 9.79. The van der Waals surface area contributed by atoms with Crippen LogP contribution in [0.5, 0.6) is 0 Å². The Hall–Kier alpha value is -2.70. The number of hydrogen-bond donors (Lipinski definition) is 0. The fourth-order valence-electron chi connectivity index (χ4n) is 2.97. The average molecular weight is 357 g/mol. The Morgan fingerprint density at radius 3 is 2.65 bits per heavy atom. The molecule has 0 amide bonds. The molecule has 1 atom stereocenters. The maximum atomic E-state index is 12.5. The number of aromatic nitrogens is 3.